The summed E-state index contributed by atoms with van der Waals surface area (Å²) in [6, 6.07) is 8.35. The zero-order valence-corrected chi connectivity index (χ0v) is 16.9. The van der Waals surface area contributed by atoms with E-state index in [1.165, 1.54) is 11.1 Å². The van der Waals surface area contributed by atoms with Gasteiger partial charge in [-0.25, -0.2) is 4.98 Å². The number of rotatable bonds is 4. The van der Waals surface area contributed by atoms with Gasteiger partial charge in [0.15, 0.2) is 0 Å². The monoisotopic (exact) mass is 367 g/mol. The van der Waals surface area contributed by atoms with Gasteiger partial charge in [0.2, 0.25) is 11.9 Å². The third-order valence-electron chi connectivity index (χ3n) is 5.03. The van der Waals surface area contributed by atoms with Crippen molar-refractivity contribution in [2.24, 2.45) is 0 Å². The molecule has 144 valence electrons. The highest BCUT2D eigenvalue weighted by atomic mass is 16.2. The maximum Gasteiger partial charge on any atom is 0.227 e. The largest absolute Gasteiger partial charge is 0.340 e. The van der Waals surface area contributed by atoms with Crippen LogP contribution in [-0.4, -0.2) is 47.0 Å². The highest BCUT2D eigenvalue weighted by Crippen LogP contribution is 2.30. The number of para-hydroxylation sites is 1. The van der Waals surface area contributed by atoms with Crippen molar-refractivity contribution in [3.8, 4) is 0 Å². The van der Waals surface area contributed by atoms with Crippen LogP contribution in [0.5, 0.6) is 0 Å². The van der Waals surface area contributed by atoms with Crippen molar-refractivity contribution in [3.05, 3.63) is 41.1 Å². The van der Waals surface area contributed by atoms with E-state index in [-0.39, 0.29) is 5.91 Å². The lowest BCUT2D eigenvalue weighted by atomic mass is 9.98. The van der Waals surface area contributed by atoms with Crippen molar-refractivity contribution in [1.82, 2.24) is 14.9 Å². The number of anilines is 3. The standard InChI is InChI=1S/C21H29N5O/c1-14(2)18-8-6-7-15(3)20(18)23-19-13-16(4)22-21(24-19)26-11-9-25(10-12-26)17(5)27/h6-8,13-14H,9-12H2,1-5H3,(H,22,23,24). The van der Waals surface area contributed by atoms with Crippen molar-refractivity contribution < 1.29 is 4.79 Å². The van der Waals surface area contributed by atoms with Crippen molar-refractivity contribution in [2.75, 3.05) is 36.4 Å². The van der Waals surface area contributed by atoms with E-state index in [4.69, 9.17) is 4.98 Å². The molecule has 0 aliphatic carbocycles. The van der Waals surface area contributed by atoms with Crippen LogP contribution in [0, 0.1) is 13.8 Å². The second-order valence-electron chi connectivity index (χ2n) is 7.51. The molecule has 0 bridgehead atoms. The van der Waals surface area contributed by atoms with Crippen LogP contribution in [0.15, 0.2) is 24.3 Å². The molecule has 27 heavy (non-hydrogen) atoms. The molecule has 0 spiro atoms. The third-order valence-corrected chi connectivity index (χ3v) is 5.03. The summed E-state index contributed by atoms with van der Waals surface area (Å²) in [4.78, 5) is 24.9. The van der Waals surface area contributed by atoms with E-state index in [1.807, 2.05) is 17.9 Å². The van der Waals surface area contributed by atoms with E-state index in [1.54, 1.807) is 6.92 Å². The molecule has 2 aromatic rings. The zero-order chi connectivity index (χ0) is 19.6. The van der Waals surface area contributed by atoms with Gasteiger partial charge >= 0.3 is 0 Å². The average Bonchev–Trinajstić information content (AvgIpc) is 2.63. The topological polar surface area (TPSA) is 61.4 Å². The molecule has 1 aromatic heterocycles. The molecule has 1 aromatic carbocycles. The molecule has 3 rings (SSSR count). The van der Waals surface area contributed by atoms with Crippen molar-refractivity contribution in [2.45, 2.75) is 40.5 Å². The fourth-order valence-electron chi connectivity index (χ4n) is 3.45. The summed E-state index contributed by atoms with van der Waals surface area (Å²) >= 11 is 0. The van der Waals surface area contributed by atoms with Gasteiger partial charge in [-0.3, -0.25) is 4.79 Å². The minimum atomic E-state index is 0.128. The van der Waals surface area contributed by atoms with Gasteiger partial charge in [0, 0.05) is 50.6 Å². The number of aromatic nitrogens is 2. The second-order valence-corrected chi connectivity index (χ2v) is 7.51. The van der Waals surface area contributed by atoms with E-state index in [0.29, 0.717) is 19.0 Å². The summed E-state index contributed by atoms with van der Waals surface area (Å²) in [5.74, 6) is 2.08. The number of nitrogens with one attached hydrogen (secondary N) is 1. The van der Waals surface area contributed by atoms with Crippen LogP contribution < -0.4 is 10.2 Å². The summed E-state index contributed by atoms with van der Waals surface area (Å²) in [6.07, 6.45) is 0. The van der Waals surface area contributed by atoms with Crippen LogP contribution in [0.3, 0.4) is 0 Å². The number of nitrogens with zero attached hydrogens (tertiary/aromatic N) is 4. The molecule has 1 fully saturated rings. The van der Waals surface area contributed by atoms with E-state index < -0.39 is 0 Å². The Morgan fingerprint density at radius 2 is 1.81 bits per heavy atom. The highest BCUT2D eigenvalue weighted by molar-refractivity contribution is 5.73. The smallest absolute Gasteiger partial charge is 0.227 e. The first-order chi connectivity index (χ1) is 12.8. The lowest BCUT2D eigenvalue weighted by molar-refractivity contribution is -0.129. The number of piperazine rings is 1. The summed E-state index contributed by atoms with van der Waals surface area (Å²) in [7, 11) is 0. The molecule has 2 heterocycles. The maximum atomic E-state index is 11.5. The lowest BCUT2D eigenvalue weighted by Gasteiger charge is -2.34. The fraction of sp³-hybridized carbons (Fsp3) is 0.476. The number of hydrogen-bond acceptors (Lipinski definition) is 5. The number of amides is 1. The lowest BCUT2D eigenvalue weighted by Crippen LogP contribution is -2.48. The molecule has 0 unspecified atom stereocenters. The second kappa shape index (κ2) is 7.94. The number of carbonyl (C=O) groups excluding carboxylic acids is 1. The Hall–Kier alpha value is -2.63. The van der Waals surface area contributed by atoms with Crippen LogP contribution in [0.25, 0.3) is 0 Å². The van der Waals surface area contributed by atoms with Crippen LogP contribution in [0.1, 0.15) is 43.5 Å². The van der Waals surface area contributed by atoms with Crippen LogP contribution >= 0.6 is 0 Å². The molecule has 1 aliphatic heterocycles. The SMILES string of the molecule is CC(=O)N1CCN(c2nc(C)cc(Nc3c(C)cccc3C(C)C)n2)CC1. The van der Waals surface area contributed by atoms with Crippen LogP contribution in [-0.2, 0) is 4.79 Å². The molecule has 6 heteroatoms. The Bertz CT molecular complexity index is 825. The molecule has 1 amide bonds. The minimum absolute atomic E-state index is 0.128. The first kappa shape index (κ1) is 19.1. The van der Waals surface area contributed by atoms with Gasteiger partial charge in [-0.15, -0.1) is 0 Å². The molecule has 0 radical (unpaired) electrons. The van der Waals surface area contributed by atoms with Gasteiger partial charge in [0.25, 0.3) is 0 Å². The van der Waals surface area contributed by atoms with Gasteiger partial charge in [-0.1, -0.05) is 32.0 Å². The van der Waals surface area contributed by atoms with E-state index in [0.717, 1.165) is 36.2 Å². The Labute approximate surface area is 161 Å². The third kappa shape index (κ3) is 4.38. The number of benzene rings is 1. The van der Waals surface area contributed by atoms with E-state index >= 15 is 0 Å². The number of hydrogen-bond donors (Lipinski definition) is 1. The predicted molar refractivity (Wildman–Crippen MR) is 110 cm³/mol. The first-order valence-corrected chi connectivity index (χ1v) is 9.58. The summed E-state index contributed by atoms with van der Waals surface area (Å²) < 4.78 is 0. The highest BCUT2D eigenvalue weighted by Gasteiger charge is 2.21. The Morgan fingerprint density at radius 3 is 2.44 bits per heavy atom. The minimum Gasteiger partial charge on any atom is -0.340 e. The van der Waals surface area contributed by atoms with Crippen molar-refractivity contribution in [1.29, 1.82) is 0 Å². The van der Waals surface area contributed by atoms with Gasteiger partial charge in [0.1, 0.15) is 5.82 Å². The predicted octanol–water partition coefficient (Wildman–Crippen LogP) is 3.63. The van der Waals surface area contributed by atoms with Gasteiger partial charge < -0.3 is 15.1 Å². The van der Waals surface area contributed by atoms with E-state index in [2.05, 4.69) is 54.2 Å². The summed E-state index contributed by atoms with van der Waals surface area (Å²) in [5, 5.41) is 3.53. The van der Waals surface area contributed by atoms with Crippen LogP contribution in [0.2, 0.25) is 0 Å². The Morgan fingerprint density at radius 1 is 1.11 bits per heavy atom. The quantitative estimate of drug-likeness (QED) is 0.894. The normalized spacial score (nSPS) is 14.6. The van der Waals surface area contributed by atoms with Gasteiger partial charge in [-0.05, 0) is 30.9 Å². The molecule has 1 N–H and O–H groups in total. The average molecular weight is 367 g/mol. The first-order valence-electron chi connectivity index (χ1n) is 9.58. The molecular weight excluding hydrogens is 338 g/mol. The molecule has 0 atom stereocenters. The van der Waals surface area contributed by atoms with Crippen molar-refractivity contribution >= 4 is 23.4 Å². The number of carbonyl (C=O) groups is 1. The Kier molecular flexibility index (Phi) is 5.63. The van der Waals surface area contributed by atoms with Gasteiger partial charge in [0.05, 0.1) is 0 Å². The summed E-state index contributed by atoms with van der Waals surface area (Å²) in [6.45, 7) is 13.1. The van der Waals surface area contributed by atoms with Gasteiger partial charge in [-0.2, -0.15) is 4.98 Å². The summed E-state index contributed by atoms with van der Waals surface area (Å²) in [5.41, 5.74) is 4.53. The zero-order valence-electron chi connectivity index (χ0n) is 16.9. The van der Waals surface area contributed by atoms with Crippen molar-refractivity contribution in [3.63, 3.8) is 0 Å². The van der Waals surface area contributed by atoms with Crippen LogP contribution in [0.4, 0.5) is 17.5 Å². The molecule has 0 saturated carbocycles. The molecule has 1 saturated heterocycles. The Balaban J connectivity index is 1.84. The van der Waals surface area contributed by atoms with E-state index in [9.17, 15) is 4.79 Å². The molecule has 6 nitrogen and oxygen atoms in total. The maximum absolute atomic E-state index is 11.5. The number of aryl methyl sites for hydroxylation is 2. The molecular formula is C21H29N5O. The molecule has 1 aliphatic rings. The fourth-order valence-corrected chi connectivity index (χ4v) is 3.45.